The zero-order valence-corrected chi connectivity index (χ0v) is 10.2. The van der Waals surface area contributed by atoms with Crippen LogP contribution in [-0.2, 0) is 9.53 Å². The van der Waals surface area contributed by atoms with Gasteiger partial charge in [0.2, 0.25) is 5.91 Å². The van der Waals surface area contributed by atoms with Crippen LogP contribution in [0.4, 0.5) is 0 Å². The fourth-order valence-electron chi connectivity index (χ4n) is 4.81. The molecule has 4 aliphatic rings. The molecule has 0 unspecified atom stereocenters. The van der Waals surface area contributed by atoms with Gasteiger partial charge in [-0.05, 0) is 55.8 Å². The van der Waals surface area contributed by atoms with E-state index in [9.17, 15) is 4.79 Å². The lowest BCUT2D eigenvalue weighted by Gasteiger charge is -2.12. The molecule has 5 atom stereocenters. The van der Waals surface area contributed by atoms with E-state index in [4.69, 9.17) is 4.74 Å². The monoisotopic (exact) mass is 235 g/mol. The van der Waals surface area contributed by atoms with Crippen LogP contribution in [0.5, 0.6) is 0 Å². The summed E-state index contributed by atoms with van der Waals surface area (Å²) >= 11 is 0. The normalized spacial score (nSPS) is 50.4. The predicted molar refractivity (Wildman–Crippen MR) is 63.3 cm³/mol. The number of carbonyl (C=O) groups is 1. The lowest BCUT2D eigenvalue weighted by molar-refractivity contribution is -0.123. The van der Waals surface area contributed by atoms with E-state index in [2.05, 4.69) is 5.32 Å². The van der Waals surface area contributed by atoms with E-state index >= 15 is 0 Å². The van der Waals surface area contributed by atoms with Crippen molar-refractivity contribution in [1.29, 1.82) is 0 Å². The molecule has 2 bridgehead atoms. The summed E-state index contributed by atoms with van der Waals surface area (Å²) in [6, 6.07) is 0. The molecule has 1 heterocycles. The number of rotatable bonds is 3. The largest absolute Gasteiger partial charge is 0.376 e. The highest BCUT2D eigenvalue weighted by atomic mass is 16.5. The number of amides is 1. The van der Waals surface area contributed by atoms with Crippen LogP contribution in [0.1, 0.15) is 32.1 Å². The van der Waals surface area contributed by atoms with Crippen molar-refractivity contribution in [3.05, 3.63) is 0 Å². The SMILES string of the molecule is O=C(NC[C@@H]1CCCO1)C1[C@H]2[C@H]3CC[C@@H](C3)[C@H]12. The van der Waals surface area contributed by atoms with Crippen molar-refractivity contribution in [2.24, 2.45) is 29.6 Å². The minimum atomic E-state index is 0.286. The van der Waals surface area contributed by atoms with Crippen LogP contribution >= 0.6 is 0 Å². The molecule has 1 aliphatic heterocycles. The maximum atomic E-state index is 12.1. The van der Waals surface area contributed by atoms with Crippen molar-refractivity contribution in [1.82, 2.24) is 5.32 Å². The molecule has 0 radical (unpaired) electrons. The average molecular weight is 235 g/mol. The molecule has 3 nitrogen and oxygen atoms in total. The Morgan fingerprint density at radius 1 is 1.18 bits per heavy atom. The van der Waals surface area contributed by atoms with Gasteiger partial charge in [0.15, 0.2) is 0 Å². The van der Waals surface area contributed by atoms with Gasteiger partial charge in [0.1, 0.15) is 0 Å². The number of hydrogen-bond donors (Lipinski definition) is 1. The summed E-state index contributed by atoms with van der Waals surface area (Å²) < 4.78 is 5.54. The summed E-state index contributed by atoms with van der Waals surface area (Å²) in [5.41, 5.74) is 0. The van der Waals surface area contributed by atoms with Gasteiger partial charge in [0.25, 0.3) is 0 Å². The van der Waals surface area contributed by atoms with Crippen molar-refractivity contribution in [3.8, 4) is 0 Å². The first-order valence-corrected chi connectivity index (χ1v) is 7.24. The fraction of sp³-hybridized carbons (Fsp3) is 0.929. The molecule has 4 fully saturated rings. The Kier molecular flexibility index (Phi) is 2.26. The van der Waals surface area contributed by atoms with Crippen LogP contribution in [0.3, 0.4) is 0 Å². The van der Waals surface area contributed by atoms with Gasteiger partial charge >= 0.3 is 0 Å². The van der Waals surface area contributed by atoms with Crippen molar-refractivity contribution < 1.29 is 9.53 Å². The first kappa shape index (κ1) is 10.4. The number of hydrogen-bond acceptors (Lipinski definition) is 2. The molecule has 94 valence electrons. The maximum absolute atomic E-state index is 12.1. The molecule has 3 saturated carbocycles. The maximum Gasteiger partial charge on any atom is 0.223 e. The van der Waals surface area contributed by atoms with Crippen LogP contribution in [0.2, 0.25) is 0 Å². The Labute approximate surface area is 102 Å². The average Bonchev–Trinajstić information content (AvgIpc) is 2.80. The number of carbonyl (C=O) groups excluding carboxylic acids is 1. The molecule has 3 aliphatic carbocycles. The van der Waals surface area contributed by atoms with Gasteiger partial charge in [-0.2, -0.15) is 0 Å². The van der Waals surface area contributed by atoms with Crippen molar-refractivity contribution in [3.63, 3.8) is 0 Å². The topological polar surface area (TPSA) is 38.3 Å². The van der Waals surface area contributed by atoms with Gasteiger partial charge in [-0.15, -0.1) is 0 Å². The third kappa shape index (κ3) is 1.55. The Morgan fingerprint density at radius 3 is 2.59 bits per heavy atom. The van der Waals surface area contributed by atoms with Gasteiger partial charge in [-0.1, -0.05) is 0 Å². The Bertz CT molecular complexity index is 321. The highest BCUT2D eigenvalue weighted by Crippen LogP contribution is 2.69. The molecule has 0 spiro atoms. The minimum Gasteiger partial charge on any atom is -0.376 e. The fourth-order valence-corrected chi connectivity index (χ4v) is 4.81. The molecule has 0 aromatic rings. The van der Waals surface area contributed by atoms with Crippen LogP contribution in [0, 0.1) is 29.6 Å². The second-order valence-electron chi connectivity index (χ2n) is 6.39. The van der Waals surface area contributed by atoms with Crippen molar-refractivity contribution in [2.45, 2.75) is 38.2 Å². The Balaban J connectivity index is 1.30. The van der Waals surface area contributed by atoms with E-state index in [0.29, 0.717) is 11.8 Å². The van der Waals surface area contributed by atoms with E-state index in [0.717, 1.165) is 49.7 Å². The van der Waals surface area contributed by atoms with E-state index in [1.807, 2.05) is 0 Å². The molecule has 4 rings (SSSR count). The Morgan fingerprint density at radius 2 is 1.94 bits per heavy atom. The quantitative estimate of drug-likeness (QED) is 0.806. The van der Waals surface area contributed by atoms with Crippen LogP contribution in [0.25, 0.3) is 0 Å². The summed E-state index contributed by atoms with van der Waals surface area (Å²) in [6.45, 7) is 1.61. The second kappa shape index (κ2) is 3.71. The molecule has 0 aromatic heterocycles. The smallest absolute Gasteiger partial charge is 0.223 e. The summed E-state index contributed by atoms with van der Waals surface area (Å²) in [5.74, 6) is 4.01. The lowest BCUT2D eigenvalue weighted by Crippen LogP contribution is -2.34. The number of nitrogens with one attached hydrogen (secondary N) is 1. The number of ether oxygens (including phenoxy) is 1. The third-order valence-corrected chi connectivity index (χ3v) is 5.57. The standard InChI is InChI=1S/C14H21NO2/c16-14(15-7-10-2-1-5-17-10)13-11-8-3-4-9(6-8)12(11)13/h8-13H,1-7H2,(H,15,16)/t8-,9-,10-,11-,12-/m0/s1. The van der Waals surface area contributed by atoms with Gasteiger partial charge in [0, 0.05) is 19.1 Å². The first-order chi connectivity index (χ1) is 8.34. The molecule has 17 heavy (non-hydrogen) atoms. The third-order valence-electron chi connectivity index (χ3n) is 5.57. The van der Waals surface area contributed by atoms with E-state index in [-0.39, 0.29) is 6.10 Å². The molecule has 3 heteroatoms. The highest BCUT2D eigenvalue weighted by Gasteiger charge is 2.67. The van der Waals surface area contributed by atoms with Gasteiger partial charge < -0.3 is 10.1 Å². The molecule has 1 saturated heterocycles. The zero-order valence-electron chi connectivity index (χ0n) is 10.2. The van der Waals surface area contributed by atoms with Crippen LogP contribution < -0.4 is 5.32 Å². The molecule has 1 N–H and O–H groups in total. The summed E-state index contributed by atoms with van der Waals surface area (Å²) in [5, 5.41) is 3.12. The second-order valence-corrected chi connectivity index (χ2v) is 6.39. The molecule has 0 aromatic carbocycles. The zero-order chi connectivity index (χ0) is 11.4. The van der Waals surface area contributed by atoms with Crippen molar-refractivity contribution in [2.75, 3.05) is 13.2 Å². The van der Waals surface area contributed by atoms with Crippen molar-refractivity contribution >= 4 is 5.91 Å². The van der Waals surface area contributed by atoms with Gasteiger partial charge in [0.05, 0.1) is 6.10 Å². The van der Waals surface area contributed by atoms with Crippen LogP contribution in [0.15, 0.2) is 0 Å². The highest BCUT2D eigenvalue weighted by molar-refractivity contribution is 5.82. The van der Waals surface area contributed by atoms with Crippen LogP contribution in [-0.4, -0.2) is 25.2 Å². The van der Waals surface area contributed by atoms with E-state index in [1.165, 1.54) is 19.3 Å². The molecular formula is C14H21NO2. The summed E-state index contributed by atoms with van der Waals surface area (Å²) in [6.07, 6.45) is 6.75. The van der Waals surface area contributed by atoms with Gasteiger partial charge in [-0.3, -0.25) is 4.79 Å². The predicted octanol–water partition coefficient (Wildman–Crippen LogP) is 1.57. The van der Waals surface area contributed by atoms with E-state index in [1.54, 1.807) is 0 Å². The lowest BCUT2D eigenvalue weighted by atomic mass is 10.0. The van der Waals surface area contributed by atoms with E-state index < -0.39 is 0 Å². The number of fused-ring (bicyclic) bond motifs is 5. The summed E-state index contributed by atoms with van der Waals surface area (Å²) in [4.78, 5) is 12.1. The Hall–Kier alpha value is -0.570. The van der Waals surface area contributed by atoms with Gasteiger partial charge in [-0.25, -0.2) is 0 Å². The first-order valence-electron chi connectivity index (χ1n) is 7.24. The molecular weight excluding hydrogens is 214 g/mol. The minimum absolute atomic E-state index is 0.286. The molecule has 1 amide bonds. The summed E-state index contributed by atoms with van der Waals surface area (Å²) in [7, 11) is 0.